The number of nitrogen functional groups attached to an aromatic ring is 1. The summed E-state index contributed by atoms with van der Waals surface area (Å²) in [6, 6.07) is 15.6. The van der Waals surface area contributed by atoms with Crippen LogP contribution in [0.4, 0.5) is 5.69 Å². The maximum atomic E-state index is 6.04. The van der Waals surface area contributed by atoms with Gasteiger partial charge in [0.1, 0.15) is 11.9 Å². The lowest BCUT2D eigenvalue weighted by atomic mass is 10.1. The molecule has 0 amide bonds. The monoisotopic (exact) mass is 275 g/mol. The second kappa shape index (κ2) is 6.48. The van der Waals surface area contributed by atoms with Crippen LogP contribution >= 0.6 is 11.6 Å². The Morgan fingerprint density at radius 1 is 1.16 bits per heavy atom. The molecule has 0 aliphatic heterocycles. The molecule has 2 aromatic rings. The third-order valence-electron chi connectivity index (χ3n) is 2.97. The molecule has 0 aromatic heterocycles. The average molecular weight is 276 g/mol. The molecule has 0 bridgehead atoms. The van der Waals surface area contributed by atoms with Crippen LogP contribution in [0.5, 0.6) is 5.75 Å². The number of hydrogen-bond acceptors (Lipinski definition) is 2. The summed E-state index contributed by atoms with van der Waals surface area (Å²) >= 11 is 5.91. The lowest BCUT2D eigenvalue weighted by Gasteiger charge is -2.19. The number of anilines is 1. The van der Waals surface area contributed by atoms with E-state index in [0.29, 0.717) is 10.7 Å². The van der Waals surface area contributed by atoms with E-state index in [1.54, 1.807) is 12.1 Å². The highest BCUT2D eigenvalue weighted by Gasteiger charge is 2.12. The van der Waals surface area contributed by atoms with E-state index >= 15 is 0 Å². The van der Waals surface area contributed by atoms with Gasteiger partial charge < -0.3 is 10.5 Å². The summed E-state index contributed by atoms with van der Waals surface area (Å²) in [4.78, 5) is 0. The van der Waals surface area contributed by atoms with Gasteiger partial charge in [0.15, 0.2) is 0 Å². The molecule has 0 heterocycles. The SMILES string of the molecule is CCCC(Oc1ccc(Cl)c(N)c1)c1ccccc1. The van der Waals surface area contributed by atoms with Crippen molar-refractivity contribution in [1.29, 1.82) is 0 Å². The quantitative estimate of drug-likeness (QED) is 0.792. The lowest BCUT2D eigenvalue weighted by Crippen LogP contribution is -2.07. The summed E-state index contributed by atoms with van der Waals surface area (Å²) in [7, 11) is 0. The summed E-state index contributed by atoms with van der Waals surface area (Å²) in [6.45, 7) is 2.15. The molecule has 2 N–H and O–H groups in total. The fraction of sp³-hybridized carbons (Fsp3) is 0.250. The third kappa shape index (κ3) is 3.65. The molecule has 0 spiro atoms. The summed E-state index contributed by atoms with van der Waals surface area (Å²) in [5.41, 5.74) is 7.52. The van der Waals surface area contributed by atoms with E-state index in [4.69, 9.17) is 22.1 Å². The van der Waals surface area contributed by atoms with Gasteiger partial charge in [0.25, 0.3) is 0 Å². The van der Waals surface area contributed by atoms with Crippen LogP contribution in [0.2, 0.25) is 5.02 Å². The van der Waals surface area contributed by atoms with Crippen LogP contribution in [0.25, 0.3) is 0 Å². The van der Waals surface area contributed by atoms with Crippen molar-refractivity contribution in [3.8, 4) is 5.75 Å². The molecule has 19 heavy (non-hydrogen) atoms. The van der Waals surface area contributed by atoms with Gasteiger partial charge in [0.05, 0.1) is 10.7 Å². The van der Waals surface area contributed by atoms with Crippen molar-refractivity contribution in [2.45, 2.75) is 25.9 Å². The zero-order chi connectivity index (χ0) is 13.7. The minimum atomic E-state index is 0.0479. The largest absolute Gasteiger partial charge is 0.486 e. The fourth-order valence-corrected chi connectivity index (χ4v) is 2.10. The van der Waals surface area contributed by atoms with Crippen molar-refractivity contribution < 1.29 is 4.74 Å². The van der Waals surface area contributed by atoms with Gasteiger partial charge in [-0.1, -0.05) is 55.3 Å². The first-order valence-electron chi connectivity index (χ1n) is 6.47. The standard InChI is InChI=1S/C16H18ClNO/c1-2-6-16(12-7-4-3-5-8-12)19-13-9-10-14(17)15(18)11-13/h3-5,7-11,16H,2,6,18H2,1H3. The molecule has 2 rings (SSSR count). The number of hydrogen-bond donors (Lipinski definition) is 1. The van der Waals surface area contributed by atoms with Crippen LogP contribution in [-0.4, -0.2) is 0 Å². The van der Waals surface area contributed by atoms with Gasteiger partial charge in [0.2, 0.25) is 0 Å². The van der Waals surface area contributed by atoms with Gasteiger partial charge >= 0.3 is 0 Å². The molecule has 0 saturated carbocycles. The Balaban J connectivity index is 2.19. The Labute approximate surface area is 119 Å². The highest BCUT2D eigenvalue weighted by Crippen LogP contribution is 2.29. The van der Waals surface area contributed by atoms with Gasteiger partial charge in [-0.25, -0.2) is 0 Å². The second-order valence-corrected chi connectivity index (χ2v) is 4.90. The minimum absolute atomic E-state index is 0.0479. The van der Waals surface area contributed by atoms with Crippen LogP contribution < -0.4 is 10.5 Å². The van der Waals surface area contributed by atoms with Crippen LogP contribution in [0, 0.1) is 0 Å². The molecule has 0 radical (unpaired) electrons. The minimum Gasteiger partial charge on any atom is -0.486 e. The smallest absolute Gasteiger partial charge is 0.124 e. The van der Waals surface area contributed by atoms with Gasteiger partial charge in [-0.2, -0.15) is 0 Å². The van der Waals surface area contributed by atoms with E-state index < -0.39 is 0 Å². The number of benzene rings is 2. The molecular weight excluding hydrogens is 258 g/mol. The van der Waals surface area contributed by atoms with Crippen molar-refractivity contribution >= 4 is 17.3 Å². The Morgan fingerprint density at radius 2 is 1.89 bits per heavy atom. The summed E-state index contributed by atoms with van der Waals surface area (Å²) in [6.07, 6.45) is 2.07. The van der Waals surface area contributed by atoms with Crippen LogP contribution in [-0.2, 0) is 0 Å². The highest BCUT2D eigenvalue weighted by atomic mass is 35.5. The molecule has 100 valence electrons. The van der Waals surface area contributed by atoms with E-state index in [2.05, 4.69) is 19.1 Å². The molecule has 1 atom stereocenters. The highest BCUT2D eigenvalue weighted by molar-refractivity contribution is 6.33. The number of halogens is 1. The Bertz CT molecular complexity index is 528. The molecule has 0 saturated heterocycles. The fourth-order valence-electron chi connectivity index (χ4n) is 1.98. The summed E-state index contributed by atoms with van der Waals surface area (Å²) < 4.78 is 6.04. The number of nitrogens with two attached hydrogens (primary N) is 1. The molecule has 0 aliphatic carbocycles. The van der Waals surface area contributed by atoms with Crippen molar-refractivity contribution in [1.82, 2.24) is 0 Å². The van der Waals surface area contributed by atoms with Crippen LogP contribution in [0.1, 0.15) is 31.4 Å². The van der Waals surface area contributed by atoms with Crippen LogP contribution in [0.3, 0.4) is 0 Å². The predicted octanol–water partition coefficient (Wildman–Crippen LogP) is 4.84. The number of rotatable bonds is 5. The lowest BCUT2D eigenvalue weighted by molar-refractivity contribution is 0.194. The number of ether oxygens (including phenoxy) is 1. The van der Waals surface area contributed by atoms with E-state index in [1.807, 2.05) is 24.3 Å². The predicted molar refractivity (Wildman–Crippen MR) is 80.6 cm³/mol. The van der Waals surface area contributed by atoms with Crippen LogP contribution in [0.15, 0.2) is 48.5 Å². The van der Waals surface area contributed by atoms with Crippen molar-refractivity contribution in [2.75, 3.05) is 5.73 Å². The summed E-state index contributed by atoms with van der Waals surface area (Å²) in [5, 5.41) is 0.555. The molecule has 2 nitrogen and oxygen atoms in total. The molecule has 0 aliphatic rings. The Kier molecular flexibility index (Phi) is 4.69. The third-order valence-corrected chi connectivity index (χ3v) is 3.31. The molecule has 2 aromatic carbocycles. The van der Waals surface area contributed by atoms with Crippen molar-refractivity contribution in [2.24, 2.45) is 0 Å². The van der Waals surface area contributed by atoms with Gasteiger partial charge in [0, 0.05) is 6.07 Å². The van der Waals surface area contributed by atoms with Crippen molar-refractivity contribution in [3.63, 3.8) is 0 Å². The van der Waals surface area contributed by atoms with Gasteiger partial charge in [-0.3, -0.25) is 0 Å². The maximum Gasteiger partial charge on any atom is 0.124 e. The second-order valence-electron chi connectivity index (χ2n) is 4.49. The first-order chi connectivity index (χ1) is 9.20. The molecule has 3 heteroatoms. The first kappa shape index (κ1) is 13.8. The van der Waals surface area contributed by atoms with E-state index in [0.717, 1.165) is 18.6 Å². The first-order valence-corrected chi connectivity index (χ1v) is 6.85. The van der Waals surface area contributed by atoms with E-state index in [1.165, 1.54) is 5.56 Å². The zero-order valence-electron chi connectivity index (χ0n) is 11.0. The van der Waals surface area contributed by atoms with E-state index in [9.17, 15) is 0 Å². The van der Waals surface area contributed by atoms with Gasteiger partial charge in [-0.15, -0.1) is 0 Å². The molecular formula is C16H18ClNO. The maximum absolute atomic E-state index is 6.04. The average Bonchev–Trinajstić information content (AvgIpc) is 2.43. The molecule has 0 fully saturated rings. The van der Waals surface area contributed by atoms with Crippen molar-refractivity contribution in [3.05, 3.63) is 59.1 Å². The summed E-state index contributed by atoms with van der Waals surface area (Å²) in [5.74, 6) is 0.754. The van der Waals surface area contributed by atoms with Gasteiger partial charge in [-0.05, 0) is 24.1 Å². The Morgan fingerprint density at radius 3 is 2.53 bits per heavy atom. The normalized spacial score (nSPS) is 12.1. The molecule has 1 unspecified atom stereocenters. The Hall–Kier alpha value is -1.67. The topological polar surface area (TPSA) is 35.2 Å². The van der Waals surface area contributed by atoms with E-state index in [-0.39, 0.29) is 6.10 Å². The zero-order valence-corrected chi connectivity index (χ0v) is 11.7.